The van der Waals surface area contributed by atoms with E-state index in [-0.39, 0.29) is 24.6 Å². The van der Waals surface area contributed by atoms with E-state index in [4.69, 9.17) is 15.4 Å². The first kappa shape index (κ1) is 9.00. The Hall–Kier alpha value is -1.00. The molecule has 0 amide bonds. The van der Waals surface area contributed by atoms with Gasteiger partial charge in [0.2, 0.25) is 0 Å². The molecular weight excluding hydrogens is 134 g/mol. The van der Waals surface area contributed by atoms with Crippen molar-refractivity contribution >= 4 is 0 Å². The quantitative estimate of drug-likeness (QED) is 0.405. The summed E-state index contributed by atoms with van der Waals surface area (Å²) in [5.41, 5.74) is 0. The van der Waals surface area contributed by atoms with Gasteiger partial charge in [-0.15, -0.1) is 0 Å². The van der Waals surface area contributed by atoms with Crippen LogP contribution in [0, 0.1) is 0 Å². The van der Waals surface area contributed by atoms with Gasteiger partial charge in [0.25, 0.3) is 0 Å². The zero-order valence-electron chi connectivity index (χ0n) is 5.62. The lowest BCUT2D eigenvalue weighted by Gasteiger charge is -2.11. The summed E-state index contributed by atoms with van der Waals surface area (Å²) in [6.07, 6.45) is 0. The van der Waals surface area contributed by atoms with Gasteiger partial charge in [-0.2, -0.15) is 5.06 Å². The number of aliphatic hydroxyl groups is 2. The van der Waals surface area contributed by atoms with Crippen LogP contribution in [0.1, 0.15) is 0 Å². The van der Waals surface area contributed by atoms with E-state index in [9.17, 15) is 0 Å². The lowest BCUT2D eigenvalue weighted by atomic mass is 10.5. The van der Waals surface area contributed by atoms with Crippen LogP contribution in [0.5, 0.6) is 0 Å². The van der Waals surface area contributed by atoms with Gasteiger partial charge in [0, 0.05) is 0 Å². The van der Waals surface area contributed by atoms with Gasteiger partial charge in [-0.25, -0.2) is 0 Å². The lowest BCUT2D eigenvalue weighted by Crippen LogP contribution is -2.23. The molecular formula is C6H11NO3. The Bertz CT molecular complexity index is 128. The van der Waals surface area contributed by atoms with Gasteiger partial charge in [-0.1, -0.05) is 13.2 Å². The molecule has 0 bridgehead atoms. The van der Waals surface area contributed by atoms with Crippen molar-refractivity contribution in [1.29, 1.82) is 0 Å². The highest BCUT2D eigenvalue weighted by atomic mass is 16.5. The van der Waals surface area contributed by atoms with E-state index in [1.54, 1.807) is 0 Å². The number of hydrogen-bond acceptors (Lipinski definition) is 4. The van der Waals surface area contributed by atoms with Crippen molar-refractivity contribution in [1.82, 2.24) is 5.06 Å². The molecule has 0 atom stereocenters. The third-order valence-corrected chi connectivity index (χ3v) is 0.730. The number of hydrogen-bond donors (Lipinski definition) is 3. The fourth-order valence-electron chi connectivity index (χ4n) is 0.477. The molecule has 0 radical (unpaired) electrons. The highest BCUT2D eigenvalue weighted by Gasteiger charge is 2.01. The third kappa shape index (κ3) is 5.14. The van der Waals surface area contributed by atoms with E-state index >= 15 is 0 Å². The predicted octanol–water partition coefficient (Wildman–Crippen LogP) is 0.821. The molecule has 58 valence electrons. The van der Waals surface area contributed by atoms with Crippen molar-refractivity contribution in [3.63, 3.8) is 0 Å². The topological polar surface area (TPSA) is 63.9 Å². The minimum atomic E-state index is -0.163. The molecule has 4 nitrogen and oxygen atoms in total. The van der Waals surface area contributed by atoms with Crippen molar-refractivity contribution in [3.05, 3.63) is 24.7 Å². The maximum absolute atomic E-state index is 8.78. The first-order valence-electron chi connectivity index (χ1n) is 2.69. The second-order valence-electron chi connectivity index (χ2n) is 1.96. The number of aliphatic hydroxyl groups excluding tert-OH is 2. The molecule has 0 rings (SSSR count). The van der Waals surface area contributed by atoms with Crippen LogP contribution in [0.25, 0.3) is 0 Å². The van der Waals surface area contributed by atoms with Gasteiger partial charge >= 0.3 is 0 Å². The molecule has 10 heavy (non-hydrogen) atoms. The Morgan fingerprint density at radius 3 is 1.60 bits per heavy atom. The molecule has 0 fully saturated rings. The van der Waals surface area contributed by atoms with E-state index in [1.807, 2.05) is 0 Å². The minimum absolute atomic E-state index is 0.0838. The van der Waals surface area contributed by atoms with E-state index in [2.05, 4.69) is 13.2 Å². The summed E-state index contributed by atoms with van der Waals surface area (Å²) in [5.74, 6) is -0.326. The van der Waals surface area contributed by atoms with Crippen LogP contribution in [0.2, 0.25) is 0 Å². The Balaban J connectivity index is 3.53. The van der Waals surface area contributed by atoms with Crippen LogP contribution >= 0.6 is 0 Å². The van der Waals surface area contributed by atoms with Gasteiger partial charge in [0.05, 0.1) is 13.1 Å². The Morgan fingerprint density at radius 1 is 1.10 bits per heavy atom. The molecule has 0 saturated heterocycles. The van der Waals surface area contributed by atoms with Gasteiger partial charge < -0.3 is 15.4 Å². The molecule has 4 heteroatoms. The summed E-state index contributed by atoms with van der Waals surface area (Å²) in [7, 11) is 0. The summed E-state index contributed by atoms with van der Waals surface area (Å²) < 4.78 is 0. The molecule has 0 aromatic rings. The molecule has 0 unspecified atom stereocenters. The average Bonchev–Trinajstić information content (AvgIpc) is 1.58. The number of hydroxylamine groups is 2. The van der Waals surface area contributed by atoms with Gasteiger partial charge in [-0.05, 0) is 0 Å². The number of rotatable bonds is 4. The normalized spacial score (nSPS) is 9.80. The maximum Gasteiger partial charge on any atom is 0.102 e. The van der Waals surface area contributed by atoms with E-state index in [1.165, 1.54) is 0 Å². The highest BCUT2D eigenvalue weighted by Crippen LogP contribution is 1.92. The molecule has 0 aliphatic rings. The van der Waals surface area contributed by atoms with Crippen LogP contribution < -0.4 is 0 Å². The summed E-state index contributed by atoms with van der Waals surface area (Å²) in [4.78, 5) is 0. The summed E-state index contributed by atoms with van der Waals surface area (Å²) >= 11 is 0. The van der Waals surface area contributed by atoms with Gasteiger partial charge in [0.15, 0.2) is 0 Å². The minimum Gasteiger partial charge on any atom is -0.511 e. The van der Waals surface area contributed by atoms with Crippen molar-refractivity contribution in [2.24, 2.45) is 0 Å². The lowest BCUT2D eigenvalue weighted by molar-refractivity contribution is -0.0858. The first-order valence-corrected chi connectivity index (χ1v) is 2.69. The second-order valence-corrected chi connectivity index (χ2v) is 1.96. The van der Waals surface area contributed by atoms with E-state index in [0.717, 1.165) is 0 Å². The fourth-order valence-corrected chi connectivity index (χ4v) is 0.477. The first-order chi connectivity index (χ1) is 4.52. The summed E-state index contributed by atoms with van der Waals surface area (Å²) in [5, 5.41) is 26.5. The molecule has 0 saturated carbocycles. The Morgan fingerprint density at radius 2 is 1.40 bits per heavy atom. The van der Waals surface area contributed by atoms with Crippen molar-refractivity contribution in [3.8, 4) is 0 Å². The molecule has 0 aromatic carbocycles. The summed E-state index contributed by atoms with van der Waals surface area (Å²) in [6.45, 7) is 6.12. The zero-order chi connectivity index (χ0) is 8.15. The largest absolute Gasteiger partial charge is 0.511 e. The van der Waals surface area contributed by atoms with Gasteiger partial charge in [-0.3, -0.25) is 0 Å². The average molecular weight is 145 g/mol. The highest BCUT2D eigenvalue weighted by molar-refractivity contribution is 4.86. The third-order valence-electron chi connectivity index (χ3n) is 0.730. The summed E-state index contributed by atoms with van der Waals surface area (Å²) in [6, 6.07) is 0. The van der Waals surface area contributed by atoms with Crippen molar-refractivity contribution in [2.45, 2.75) is 0 Å². The Labute approximate surface area is 59.3 Å². The Kier molecular flexibility index (Phi) is 3.53. The number of nitrogens with zero attached hydrogens (tertiary/aromatic N) is 1. The van der Waals surface area contributed by atoms with Crippen LogP contribution in [0.4, 0.5) is 0 Å². The van der Waals surface area contributed by atoms with E-state index < -0.39 is 0 Å². The molecule has 0 aliphatic heterocycles. The standard InChI is InChI=1S/C6H11NO3/c1-5(8)3-7(10)4-6(2)9/h8-10H,1-4H2. The van der Waals surface area contributed by atoms with Crippen molar-refractivity contribution in [2.75, 3.05) is 13.1 Å². The van der Waals surface area contributed by atoms with Crippen LogP contribution in [-0.4, -0.2) is 33.6 Å². The molecule has 3 N–H and O–H groups in total. The smallest absolute Gasteiger partial charge is 0.102 e. The monoisotopic (exact) mass is 145 g/mol. The van der Waals surface area contributed by atoms with E-state index in [0.29, 0.717) is 5.06 Å². The molecule has 0 aromatic heterocycles. The van der Waals surface area contributed by atoms with Crippen LogP contribution in [0.3, 0.4) is 0 Å². The van der Waals surface area contributed by atoms with Crippen LogP contribution in [-0.2, 0) is 0 Å². The van der Waals surface area contributed by atoms with Crippen molar-refractivity contribution < 1.29 is 15.4 Å². The van der Waals surface area contributed by atoms with Crippen LogP contribution in [0.15, 0.2) is 24.7 Å². The molecule has 0 aliphatic carbocycles. The SMILES string of the molecule is C=C(O)CN(O)CC(=C)O. The second kappa shape index (κ2) is 3.92. The fraction of sp³-hybridized carbons (Fsp3) is 0.333. The molecule has 0 spiro atoms. The predicted molar refractivity (Wildman–Crippen MR) is 36.9 cm³/mol. The molecule has 0 heterocycles. The van der Waals surface area contributed by atoms with Gasteiger partial charge in [0.1, 0.15) is 11.5 Å². The maximum atomic E-state index is 8.78. The zero-order valence-corrected chi connectivity index (χ0v) is 5.62.